The molecule has 0 atom stereocenters. The molecule has 0 fully saturated rings. The third-order valence-corrected chi connectivity index (χ3v) is 11.7. The van der Waals surface area contributed by atoms with Crippen LogP contribution in [-0.4, -0.2) is 9.97 Å². The lowest BCUT2D eigenvalue weighted by Gasteiger charge is -2.17. The smallest absolute Gasteiger partial charge is 0.161 e. The van der Waals surface area contributed by atoms with Crippen LogP contribution in [0, 0.1) is 0 Å². The van der Waals surface area contributed by atoms with Gasteiger partial charge in [0.1, 0.15) is 22.3 Å². The number of hydrogen-bond donors (Lipinski definition) is 0. The van der Waals surface area contributed by atoms with E-state index in [0.29, 0.717) is 5.82 Å². The van der Waals surface area contributed by atoms with E-state index in [1.165, 1.54) is 0 Å². The second kappa shape index (κ2) is 13.8. The van der Waals surface area contributed by atoms with Crippen LogP contribution in [0.3, 0.4) is 0 Å². The molecule has 0 bridgehead atoms. The maximum Gasteiger partial charge on any atom is 0.161 e. The van der Waals surface area contributed by atoms with E-state index in [-0.39, 0.29) is 0 Å². The lowest BCUT2D eigenvalue weighted by atomic mass is 9.89. The molecule has 0 saturated carbocycles. The zero-order valence-corrected chi connectivity index (χ0v) is 32.3. The Kier molecular flexibility index (Phi) is 7.82. The molecule has 0 aliphatic rings. The summed E-state index contributed by atoms with van der Waals surface area (Å²) in [5, 5.41) is 6.40. The Morgan fingerprint density at radius 3 is 1.40 bits per heavy atom. The molecule has 9 aromatic carbocycles. The Morgan fingerprint density at radius 1 is 0.283 bits per heavy atom. The summed E-state index contributed by atoms with van der Waals surface area (Å²) in [5.74, 6) is 0.611. The average Bonchev–Trinajstić information content (AvgIpc) is 3.90. The molecule has 12 aromatic rings. The number of aromatic nitrogens is 2. The second-order valence-electron chi connectivity index (χ2n) is 15.2. The topological polar surface area (TPSA) is 52.1 Å². The highest BCUT2D eigenvalue weighted by molar-refractivity contribution is 6.12. The van der Waals surface area contributed by atoms with E-state index in [9.17, 15) is 0 Å². The molecule has 0 amide bonds. The zero-order valence-electron chi connectivity index (χ0n) is 32.3. The third-order valence-electron chi connectivity index (χ3n) is 11.7. The lowest BCUT2D eigenvalue weighted by Crippen LogP contribution is -1.99. The summed E-state index contributed by atoms with van der Waals surface area (Å²) in [5.41, 5.74) is 14.2. The fourth-order valence-electron chi connectivity index (χ4n) is 8.94. The molecule has 12 rings (SSSR count). The normalized spacial score (nSPS) is 11.7. The Bertz CT molecular complexity index is 3470. The van der Waals surface area contributed by atoms with Crippen LogP contribution in [0.15, 0.2) is 215 Å². The van der Waals surface area contributed by atoms with Crippen LogP contribution in [0.2, 0.25) is 0 Å². The zero-order chi connectivity index (χ0) is 39.6. The molecule has 0 aliphatic heterocycles. The van der Waals surface area contributed by atoms with Gasteiger partial charge in [0.2, 0.25) is 0 Å². The van der Waals surface area contributed by atoms with Gasteiger partial charge in [-0.05, 0) is 80.6 Å². The number of furan rings is 2. The van der Waals surface area contributed by atoms with Gasteiger partial charge in [0.05, 0.1) is 11.4 Å². The Labute approximate surface area is 345 Å². The number of nitrogens with zero attached hydrogens (tertiary/aromatic N) is 2. The van der Waals surface area contributed by atoms with Crippen molar-refractivity contribution >= 4 is 54.6 Å². The minimum atomic E-state index is 0.611. The van der Waals surface area contributed by atoms with Crippen molar-refractivity contribution in [2.45, 2.75) is 0 Å². The maximum absolute atomic E-state index is 6.64. The first kappa shape index (κ1) is 34.0. The van der Waals surface area contributed by atoms with Crippen molar-refractivity contribution in [3.8, 4) is 67.3 Å². The first-order valence-corrected chi connectivity index (χ1v) is 20.2. The third kappa shape index (κ3) is 5.53. The fourth-order valence-corrected chi connectivity index (χ4v) is 8.94. The molecule has 4 nitrogen and oxygen atoms in total. The van der Waals surface area contributed by atoms with Crippen LogP contribution in [-0.2, 0) is 0 Å². The van der Waals surface area contributed by atoms with Gasteiger partial charge in [0.25, 0.3) is 0 Å². The predicted octanol–water partition coefficient (Wildman–Crippen LogP) is 15.4. The van der Waals surface area contributed by atoms with E-state index in [1.807, 2.05) is 24.3 Å². The summed E-state index contributed by atoms with van der Waals surface area (Å²) >= 11 is 0. The van der Waals surface area contributed by atoms with E-state index < -0.39 is 0 Å². The van der Waals surface area contributed by atoms with Gasteiger partial charge in [-0.1, -0.05) is 170 Å². The Morgan fingerprint density at radius 2 is 0.767 bits per heavy atom. The van der Waals surface area contributed by atoms with Gasteiger partial charge in [0.15, 0.2) is 5.82 Å². The van der Waals surface area contributed by atoms with Gasteiger partial charge in [-0.25, -0.2) is 9.97 Å². The molecule has 0 N–H and O–H groups in total. The van der Waals surface area contributed by atoms with Crippen LogP contribution in [0.4, 0.5) is 0 Å². The van der Waals surface area contributed by atoms with Crippen molar-refractivity contribution in [2.75, 3.05) is 0 Å². The molecule has 60 heavy (non-hydrogen) atoms. The minimum absolute atomic E-state index is 0.611. The van der Waals surface area contributed by atoms with Crippen molar-refractivity contribution in [2.24, 2.45) is 0 Å². The van der Waals surface area contributed by atoms with Crippen molar-refractivity contribution in [1.29, 1.82) is 0 Å². The molecule has 3 heterocycles. The number of para-hydroxylation sites is 4. The first-order valence-electron chi connectivity index (χ1n) is 20.2. The molecule has 3 aromatic heterocycles. The molecule has 280 valence electrons. The number of rotatable bonds is 6. The molecule has 0 saturated heterocycles. The highest BCUT2D eigenvalue weighted by Gasteiger charge is 2.23. The quantitative estimate of drug-likeness (QED) is 0.169. The van der Waals surface area contributed by atoms with E-state index in [2.05, 4.69) is 182 Å². The highest BCUT2D eigenvalue weighted by Crippen LogP contribution is 2.44. The van der Waals surface area contributed by atoms with Gasteiger partial charge in [-0.2, -0.15) is 0 Å². The summed E-state index contributed by atoms with van der Waals surface area (Å²) in [4.78, 5) is 11.1. The van der Waals surface area contributed by atoms with Crippen molar-refractivity contribution in [3.63, 3.8) is 0 Å². The molecular weight excluding hydrogens is 733 g/mol. The summed E-state index contributed by atoms with van der Waals surface area (Å²) in [6.45, 7) is 0. The van der Waals surface area contributed by atoms with Crippen LogP contribution in [0.5, 0.6) is 0 Å². The molecule has 0 spiro atoms. The van der Waals surface area contributed by atoms with Gasteiger partial charge in [0, 0.05) is 38.2 Å². The maximum atomic E-state index is 6.64. The SMILES string of the molecule is c1ccc(-c2cccc(-c3ccc4c(-c5ccccc5)cccc4c3-c3nc(-c4cccc5c4oc4ccccc45)cc(-c4cccc5c4oc4ccccc45)n3)c2)cc1. The number of fused-ring (bicyclic) bond motifs is 7. The minimum Gasteiger partial charge on any atom is -0.455 e. The monoisotopic (exact) mass is 766 g/mol. The average molecular weight is 767 g/mol. The molecule has 0 aliphatic carbocycles. The largest absolute Gasteiger partial charge is 0.455 e. The van der Waals surface area contributed by atoms with E-state index in [0.717, 1.165) is 116 Å². The summed E-state index contributed by atoms with van der Waals surface area (Å²) in [6, 6.07) is 72.0. The van der Waals surface area contributed by atoms with E-state index in [4.69, 9.17) is 18.8 Å². The van der Waals surface area contributed by atoms with Gasteiger partial charge >= 0.3 is 0 Å². The molecule has 0 radical (unpaired) electrons. The summed E-state index contributed by atoms with van der Waals surface area (Å²) in [6.07, 6.45) is 0. The fraction of sp³-hybridized carbons (Fsp3) is 0. The Hall–Kier alpha value is -8.08. The van der Waals surface area contributed by atoms with E-state index in [1.54, 1.807) is 0 Å². The van der Waals surface area contributed by atoms with Crippen molar-refractivity contribution in [1.82, 2.24) is 9.97 Å². The number of benzene rings is 9. The van der Waals surface area contributed by atoms with Crippen molar-refractivity contribution < 1.29 is 8.83 Å². The van der Waals surface area contributed by atoms with Crippen molar-refractivity contribution in [3.05, 3.63) is 206 Å². The van der Waals surface area contributed by atoms with E-state index >= 15 is 0 Å². The standard InChI is InChI=1S/C56H34N2O2/c1-3-15-35(16-4-1)37-19-11-20-38(33-37)40-31-32-41-39(36-17-5-2-6-18-36)23-12-24-44(41)53(40)56-57-49(47-27-13-25-45-42-21-7-9-29-51(42)59-54(45)47)34-50(58-56)48-28-14-26-46-43-22-8-10-30-52(43)60-55(46)48/h1-34H. The van der Waals surface area contributed by atoms with Crippen LogP contribution < -0.4 is 0 Å². The first-order chi connectivity index (χ1) is 29.7. The molecule has 0 unspecified atom stereocenters. The molecular formula is C56H34N2O2. The highest BCUT2D eigenvalue weighted by atomic mass is 16.3. The molecule has 4 heteroatoms. The predicted molar refractivity (Wildman–Crippen MR) is 247 cm³/mol. The summed E-state index contributed by atoms with van der Waals surface area (Å²) in [7, 11) is 0. The van der Waals surface area contributed by atoms with Crippen LogP contribution in [0.25, 0.3) is 122 Å². The second-order valence-corrected chi connectivity index (χ2v) is 15.2. The van der Waals surface area contributed by atoms with Gasteiger partial charge < -0.3 is 8.83 Å². The Balaban J connectivity index is 1.18. The number of hydrogen-bond acceptors (Lipinski definition) is 4. The summed E-state index contributed by atoms with van der Waals surface area (Å²) < 4.78 is 13.3. The van der Waals surface area contributed by atoms with Crippen LogP contribution >= 0.6 is 0 Å². The van der Waals surface area contributed by atoms with Crippen LogP contribution in [0.1, 0.15) is 0 Å². The van der Waals surface area contributed by atoms with Gasteiger partial charge in [-0.3, -0.25) is 0 Å². The van der Waals surface area contributed by atoms with Gasteiger partial charge in [-0.15, -0.1) is 0 Å². The lowest BCUT2D eigenvalue weighted by molar-refractivity contribution is 0.669.